The lowest BCUT2D eigenvalue weighted by molar-refractivity contribution is 0.669. The average Bonchev–Trinajstić information content (AvgIpc) is 3.40. The van der Waals surface area contributed by atoms with Crippen molar-refractivity contribution in [1.29, 1.82) is 0 Å². The number of benzene rings is 1. The molecule has 0 N–H and O–H groups in total. The second-order valence-electron chi connectivity index (χ2n) is 6.83. The molecule has 1 aliphatic carbocycles. The zero-order valence-electron chi connectivity index (χ0n) is 14.6. The van der Waals surface area contributed by atoms with E-state index >= 15 is 0 Å². The average molecular weight is 350 g/mol. The molecule has 0 bridgehead atoms. The second-order valence-corrected chi connectivity index (χ2v) is 7.78. The third-order valence-corrected chi connectivity index (χ3v) is 5.52. The largest absolute Gasteiger partial charge is 0.299 e. The van der Waals surface area contributed by atoms with Gasteiger partial charge in [-0.1, -0.05) is 49.9 Å². The first-order valence-corrected chi connectivity index (χ1v) is 9.78. The number of hydrogen-bond donors (Lipinski definition) is 0. The van der Waals surface area contributed by atoms with E-state index in [1.54, 1.807) is 18.0 Å². The van der Waals surface area contributed by atoms with Crippen molar-refractivity contribution in [3.05, 3.63) is 59.9 Å². The SMILES string of the molecule is CC(C)c1ccc(CSc2nnc(-c3cccnc3)n2C2CC2)cc1. The van der Waals surface area contributed by atoms with Crippen LogP contribution in [0.5, 0.6) is 0 Å². The fourth-order valence-corrected chi connectivity index (χ4v) is 3.84. The number of aromatic nitrogens is 4. The van der Waals surface area contributed by atoms with Crippen LogP contribution in [0.2, 0.25) is 0 Å². The summed E-state index contributed by atoms with van der Waals surface area (Å²) >= 11 is 1.77. The van der Waals surface area contributed by atoms with Gasteiger partial charge in [0.05, 0.1) is 0 Å². The predicted octanol–water partition coefficient (Wildman–Crippen LogP) is 5.09. The van der Waals surface area contributed by atoms with Crippen LogP contribution in [0.15, 0.2) is 53.9 Å². The quantitative estimate of drug-likeness (QED) is 0.581. The van der Waals surface area contributed by atoms with Gasteiger partial charge >= 0.3 is 0 Å². The van der Waals surface area contributed by atoms with Crippen LogP contribution in [0.4, 0.5) is 0 Å². The Balaban J connectivity index is 1.54. The minimum absolute atomic E-state index is 0.538. The monoisotopic (exact) mass is 350 g/mol. The van der Waals surface area contributed by atoms with E-state index in [4.69, 9.17) is 0 Å². The van der Waals surface area contributed by atoms with Crippen LogP contribution < -0.4 is 0 Å². The Bertz CT molecular complexity index is 836. The van der Waals surface area contributed by atoms with E-state index in [9.17, 15) is 0 Å². The van der Waals surface area contributed by atoms with E-state index in [2.05, 4.69) is 63.9 Å². The molecular formula is C20H22N4S. The molecule has 2 heterocycles. The second kappa shape index (κ2) is 7.00. The molecule has 0 radical (unpaired) electrons. The van der Waals surface area contributed by atoms with E-state index < -0.39 is 0 Å². The Morgan fingerprint density at radius 3 is 2.56 bits per heavy atom. The molecule has 25 heavy (non-hydrogen) atoms. The first-order chi connectivity index (χ1) is 12.2. The molecule has 0 spiro atoms. The molecule has 3 aromatic rings. The van der Waals surface area contributed by atoms with Gasteiger partial charge in [-0.2, -0.15) is 0 Å². The molecule has 0 saturated heterocycles. The van der Waals surface area contributed by atoms with E-state index in [-0.39, 0.29) is 0 Å². The van der Waals surface area contributed by atoms with Gasteiger partial charge in [0.25, 0.3) is 0 Å². The van der Waals surface area contributed by atoms with Crippen LogP contribution in [0, 0.1) is 0 Å². The minimum atomic E-state index is 0.538. The van der Waals surface area contributed by atoms with E-state index in [1.807, 2.05) is 12.3 Å². The molecule has 1 aliphatic rings. The summed E-state index contributed by atoms with van der Waals surface area (Å²) in [5.74, 6) is 2.42. The molecule has 0 atom stereocenters. The molecule has 0 amide bonds. The number of rotatable bonds is 6. The van der Waals surface area contributed by atoms with Crippen molar-refractivity contribution in [2.24, 2.45) is 0 Å². The van der Waals surface area contributed by atoms with Gasteiger partial charge in [-0.3, -0.25) is 9.55 Å². The van der Waals surface area contributed by atoms with Gasteiger partial charge in [0, 0.05) is 29.8 Å². The van der Waals surface area contributed by atoms with Gasteiger partial charge in [-0.15, -0.1) is 10.2 Å². The Labute approximate surface area is 152 Å². The molecule has 1 aromatic carbocycles. The third-order valence-electron chi connectivity index (χ3n) is 4.51. The summed E-state index contributed by atoms with van der Waals surface area (Å²) in [6.07, 6.45) is 6.07. The highest BCUT2D eigenvalue weighted by Crippen LogP contribution is 2.41. The zero-order valence-corrected chi connectivity index (χ0v) is 15.4. The summed E-state index contributed by atoms with van der Waals surface area (Å²) in [6.45, 7) is 4.45. The standard InChI is InChI=1S/C20H22N4S/c1-14(2)16-7-5-15(6-8-16)13-25-20-23-22-19(24(20)18-9-10-18)17-4-3-11-21-12-17/h3-8,11-12,14,18H,9-10,13H2,1-2H3. The van der Waals surface area contributed by atoms with Gasteiger partial charge in [-0.25, -0.2) is 0 Å². The van der Waals surface area contributed by atoms with Crippen molar-refractivity contribution in [1.82, 2.24) is 19.7 Å². The Kier molecular flexibility index (Phi) is 4.57. The van der Waals surface area contributed by atoms with Crippen LogP contribution in [0.1, 0.15) is 49.8 Å². The molecule has 0 aliphatic heterocycles. The first-order valence-electron chi connectivity index (χ1n) is 8.79. The Morgan fingerprint density at radius 2 is 1.92 bits per heavy atom. The van der Waals surface area contributed by atoms with Crippen LogP contribution in [0.3, 0.4) is 0 Å². The van der Waals surface area contributed by atoms with Gasteiger partial charge in [0.15, 0.2) is 11.0 Å². The van der Waals surface area contributed by atoms with E-state index in [0.717, 1.165) is 22.3 Å². The molecule has 1 saturated carbocycles. The molecule has 4 nitrogen and oxygen atoms in total. The maximum Gasteiger partial charge on any atom is 0.192 e. The maximum atomic E-state index is 4.46. The molecule has 1 fully saturated rings. The van der Waals surface area contributed by atoms with Crippen LogP contribution in [-0.2, 0) is 5.75 Å². The molecular weight excluding hydrogens is 328 g/mol. The fraction of sp³-hybridized carbons (Fsp3) is 0.350. The summed E-state index contributed by atoms with van der Waals surface area (Å²) in [6, 6.07) is 13.4. The maximum absolute atomic E-state index is 4.46. The summed E-state index contributed by atoms with van der Waals surface area (Å²) < 4.78 is 2.30. The Morgan fingerprint density at radius 1 is 1.12 bits per heavy atom. The van der Waals surface area contributed by atoms with Crippen LogP contribution >= 0.6 is 11.8 Å². The number of pyridine rings is 1. The Hall–Kier alpha value is -2.14. The van der Waals surface area contributed by atoms with Crippen molar-refractivity contribution in [2.75, 3.05) is 0 Å². The van der Waals surface area contributed by atoms with Crippen LogP contribution in [0.25, 0.3) is 11.4 Å². The van der Waals surface area contributed by atoms with E-state index in [0.29, 0.717) is 12.0 Å². The molecule has 0 unspecified atom stereocenters. The van der Waals surface area contributed by atoms with Crippen molar-refractivity contribution < 1.29 is 0 Å². The lowest BCUT2D eigenvalue weighted by atomic mass is 10.0. The zero-order chi connectivity index (χ0) is 17.2. The van der Waals surface area contributed by atoms with Crippen molar-refractivity contribution in [3.8, 4) is 11.4 Å². The number of nitrogens with zero attached hydrogens (tertiary/aromatic N) is 4. The van der Waals surface area contributed by atoms with Crippen LogP contribution in [-0.4, -0.2) is 19.7 Å². The fourth-order valence-electron chi connectivity index (χ4n) is 2.88. The van der Waals surface area contributed by atoms with Gasteiger partial charge in [-0.05, 0) is 42.0 Å². The third kappa shape index (κ3) is 3.61. The van der Waals surface area contributed by atoms with Gasteiger partial charge < -0.3 is 0 Å². The van der Waals surface area contributed by atoms with E-state index in [1.165, 1.54) is 24.0 Å². The topological polar surface area (TPSA) is 43.6 Å². The van der Waals surface area contributed by atoms with Crippen molar-refractivity contribution >= 4 is 11.8 Å². The lowest BCUT2D eigenvalue weighted by Gasteiger charge is -2.09. The predicted molar refractivity (Wildman–Crippen MR) is 102 cm³/mol. The minimum Gasteiger partial charge on any atom is -0.299 e. The lowest BCUT2D eigenvalue weighted by Crippen LogP contribution is -2.00. The highest BCUT2D eigenvalue weighted by Gasteiger charge is 2.30. The molecule has 128 valence electrons. The first kappa shape index (κ1) is 16.3. The normalized spacial score (nSPS) is 14.2. The smallest absolute Gasteiger partial charge is 0.192 e. The summed E-state index contributed by atoms with van der Waals surface area (Å²) in [5.41, 5.74) is 3.74. The summed E-state index contributed by atoms with van der Waals surface area (Å²) in [5, 5.41) is 9.92. The van der Waals surface area contributed by atoms with Crippen molar-refractivity contribution in [3.63, 3.8) is 0 Å². The molecule has 5 heteroatoms. The number of thioether (sulfide) groups is 1. The summed E-state index contributed by atoms with van der Waals surface area (Å²) in [4.78, 5) is 4.22. The van der Waals surface area contributed by atoms with Gasteiger partial charge in [0.1, 0.15) is 0 Å². The highest BCUT2D eigenvalue weighted by atomic mass is 32.2. The highest BCUT2D eigenvalue weighted by molar-refractivity contribution is 7.98. The number of hydrogen-bond acceptors (Lipinski definition) is 4. The van der Waals surface area contributed by atoms with Gasteiger partial charge in [0.2, 0.25) is 0 Å². The molecule has 4 rings (SSSR count). The summed E-state index contributed by atoms with van der Waals surface area (Å²) in [7, 11) is 0. The molecule has 2 aromatic heterocycles. The van der Waals surface area contributed by atoms with Crippen molar-refractivity contribution in [2.45, 2.75) is 49.6 Å².